The van der Waals surface area contributed by atoms with Crippen molar-refractivity contribution in [2.45, 2.75) is 46.2 Å². The third-order valence-corrected chi connectivity index (χ3v) is 2.99. The average Bonchev–Trinajstić information content (AvgIpc) is 2.34. The molecule has 0 aliphatic carbocycles. The fourth-order valence-electron chi connectivity index (χ4n) is 1.86. The van der Waals surface area contributed by atoms with Gasteiger partial charge in [0.15, 0.2) is 0 Å². The van der Waals surface area contributed by atoms with Gasteiger partial charge in [-0.25, -0.2) is 4.79 Å². The summed E-state index contributed by atoms with van der Waals surface area (Å²) in [4.78, 5) is 36.2. The van der Waals surface area contributed by atoms with E-state index in [1.165, 1.54) is 18.9 Å². The van der Waals surface area contributed by atoms with Gasteiger partial charge in [-0.15, -0.1) is 0 Å². The molecule has 1 atom stereocenters. The molecule has 0 saturated heterocycles. The molecule has 0 rings (SSSR count). The van der Waals surface area contributed by atoms with Crippen molar-refractivity contribution in [3.63, 3.8) is 0 Å². The molecule has 7 nitrogen and oxygen atoms in total. The average molecular weight is 302 g/mol. The summed E-state index contributed by atoms with van der Waals surface area (Å²) in [6, 6.07) is -0.583. The Balaban J connectivity index is 4.81. The first-order chi connectivity index (χ1) is 9.51. The minimum absolute atomic E-state index is 0.0278. The molecule has 21 heavy (non-hydrogen) atoms. The van der Waals surface area contributed by atoms with E-state index in [9.17, 15) is 14.4 Å². The number of methoxy groups -OCH3 is 1. The van der Waals surface area contributed by atoms with E-state index in [0.717, 1.165) is 0 Å². The fourth-order valence-corrected chi connectivity index (χ4v) is 1.86. The van der Waals surface area contributed by atoms with Crippen molar-refractivity contribution in [1.82, 2.24) is 10.2 Å². The van der Waals surface area contributed by atoms with Gasteiger partial charge in [0.2, 0.25) is 11.8 Å². The molecule has 0 heterocycles. The van der Waals surface area contributed by atoms with Crippen molar-refractivity contribution in [3.8, 4) is 0 Å². The van der Waals surface area contributed by atoms with Gasteiger partial charge in [0, 0.05) is 14.0 Å². The van der Waals surface area contributed by atoms with Gasteiger partial charge in [-0.05, 0) is 19.8 Å². The van der Waals surface area contributed by atoms with Gasteiger partial charge in [0.1, 0.15) is 12.6 Å². The molecule has 0 saturated carbocycles. The molecule has 0 bridgehead atoms. The Morgan fingerprint density at radius 2 is 1.76 bits per heavy atom. The normalized spacial score (nSPS) is 12.6. The predicted octanol–water partition coefficient (Wildman–Crippen LogP) is 1.17. The van der Waals surface area contributed by atoms with Crippen LogP contribution >= 0.6 is 0 Å². The highest BCUT2D eigenvalue weighted by Crippen LogP contribution is 2.12. The summed E-state index contributed by atoms with van der Waals surface area (Å²) >= 11 is 0. The molecule has 122 valence electrons. The summed E-state index contributed by atoms with van der Waals surface area (Å²) in [6.07, 6.45) is -0.807. The van der Waals surface area contributed by atoms with Crippen LogP contribution in [0.4, 0.5) is 4.79 Å². The summed E-state index contributed by atoms with van der Waals surface area (Å²) in [6.45, 7) is 8.55. The van der Waals surface area contributed by atoms with E-state index in [0.29, 0.717) is 0 Å². The molecule has 1 unspecified atom stereocenters. The standard InChI is InChI=1S/C14H26N2O5/c1-9(2)11(16(6)10(3)17)12(18)15-14(4,5)8-21-13(19)20-7/h9,11H,8H2,1-7H3,(H,15,18). The highest BCUT2D eigenvalue weighted by Gasteiger charge is 2.32. The molecule has 0 aromatic rings. The van der Waals surface area contributed by atoms with E-state index in [2.05, 4.69) is 10.1 Å². The summed E-state index contributed by atoms with van der Waals surface area (Å²) in [5, 5.41) is 2.79. The maximum Gasteiger partial charge on any atom is 0.508 e. The highest BCUT2D eigenvalue weighted by molar-refractivity contribution is 5.87. The molecule has 0 aromatic heterocycles. The number of ether oxygens (including phenoxy) is 2. The van der Waals surface area contributed by atoms with E-state index in [1.54, 1.807) is 20.9 Å². The summed E-state index contributed by atoms with van der Waals surface area (Å²) in [5.41, 5.74) is -0.768. The van der Waals surface area contributed by atoms with E-state index < -0.39 is 17.7 Å². The zero-order valence-electron chi connectivity index (χ0n) is 13.9. The first-order valence-corrected chi connectivity index (χ1v) is 6.78. The summed E-state index contributed by atoms with van der Waals surface area (Å²) < 4.78 is 9.23. The van der Waals surface area contributed by atoms with Crippen LogP contribution in [0.5, 0.6) is 0 Å². The topological polar surface area (TPSA) is 84.9 Å². The fraction of sp³-hybridized carbons (Fsp3) is 0.786. The minimum atomic E-state index is -0.807. The van der Waals surface area contributed by atoms with Crippen molar-refractivity contribution in [2.75, 3.05) is 20.8 Å². The molecular weight excluding hydrogens is 276 g/mol. The van der Waals surface area contributed by atoms with E-state index in [4.69, 9.17) is 4.74 Å². The first-order valence-electron chi connectivity index (χ1n) is 6.78. The van der Waals surface area contributed by atoms with Crippen molar-refractivity contribution in [1.29, 1.82) is 0 Å². The molecule has 0 fully saturated rings. The number of nitrogens with zero attached hydrogens (tertiary/aromatic N) is 1. The summed E-state index contributed by atoms with van der Waals surface area (Å²) in [5.74, 6) is -0.523. The second kappa shape index (κ2) is 7.85. The van der Waals surface area contributed by atoms with Crippen LogP contribution in [0.1, 0.15) is 34.6 Å². The zero-order valence-corrected chi connectivity index (χ0v) is 13.9. The van der Waals surface area contributed by atoms with Crippen LogP contribution in [0.3, 0.4) is 0 Å². The van der Waals surface area contributed by atoms with Crippen LogP contribution in [-0.2, 0) is 19.1 Å². The Kier molecular flexibility index (Phi) is 7.18. The molecule has 7 heteroatoms. The number of rotatable bonds is 6. The lowest BCUT2D eigenvalue weighted by Crippen LogP contribution is -2.56. The monoisotopic (exact) mass is 302 g/mol. The van der Waals surface area contributed by atoms with Crippen LogP contribution in [0.25, 0.3) is 0 Å². The van der Waals surface area contributed by atoms with E-state index >= 15 is 0 Å². The summed E-state index contributed by atoms with van der Waals surface area (Å²) in [7, 11) is 2.80. The smallest absolute Gasteiger partial charge is 0.438 e. The number of nitrogens with one attached hydrogen (secondary N) is 1. The molecule has 0 spiro atoms. The molecule has 0 aliphatic rings. The molecular formula is C14H26N2O5. The molecule has 2 amide bonds. The van der Waals surface area contributed by atoms with Gasteiger partial charge >= 0.3 is 6.16 Å². The number of likely N-dealkylation sites (N-methyl/N-ethyl adjacent to an activating group) is 1. The van der Waals surface area contributed by atoms with Crippen molar-refractivity contribution < 1.29 is 23.9 Å². The van der Waals surface area contributed by atoms with Crippen molar-refractivity contribution in [2.24, 2.45) is 5.92 Å². The van der Waals surface area contributed by atoms with Gasteiger partial charge in [0.05, 0.1) is 12.6 Å². The largest absolute Gasteiger partial charge is 0.508 e. The number of hydrogen-bond acceptors (Lipinski definition) is 5. The maximum atomic E-state index is 12.4. The molecule has 0 aromatic carbocycles. The lowest BCUT2D eigenvalue weighted by Gasteiger charge is -2.33. The minimum Gasteiger partial charge on any atom is -0.438 e. The van der Waals surface area contributed by atoms with Crippen molar-refractivity contribution >= 4 is 18.0 Å². The number of amides is 2. The zero-order chi connectivity index (χ0) is 16.8. The van der Waals surface area contributed by atoms with Crippen LogP contribution in [0.2, 0.25) is 0 Å². The number of hydrogen-bond donors (Lipinski definition) is 1. The van der Waals surface area contributed by atoms with Gasteiger partial charge in [0.25, 0.3) is 0 Å². The maximum absolute atomic E-state index is 12.4. The first kappa shape index (κ1) is 19.2. The Morgan fingerprint density at radius 1 is 1.24 bits per heavy atom. The molecule has 0 aliphatic heterocycles. The Bertz CT molecular complexity index is 393. The Hall–Kier alpha value is -1.79. The Morgan fingerprint density at radius 3 is 2.14 bits per heavy atom. The number of carbonyl (C=O) groups is 3. The van der Waals surface area contributed by atoms with Crippen molar-refractivity contribution in [3.05, 3.63) is 0 Å². The third kappa shape index (κ3) is 6.46. The van der Waals surface area contributed by atoms with E-state index in [1.807, 2.05) is 13.8 Å². The molecule has 1 N–H and O–H groups in total. The lowest BCUT2D eigenvalue weighted by atomic mass is 9.99. The number of carbonyl (C=O) groups excluding carboxylic acids is 3. The van der Waals surface area contributed by atoms with Gasteiger partial charge in [-0.1, -0.05) is 13.8 Å². The van der Waals surface area contributed by atoms with Crippen LogP contribution in [0, 0.1) is 5.92 Å². The van der Waals surface area contributed by atoms with Gasteiger partial charge < -0.3 is 19.7 Å². The Labute approximate surface area is 126 Å². The second-order valence-corrected chi connectivity index (χ2v) is 5.93. The van der Waals surface area contributed by atoms with Gasteiger partial charge in [-0.3, -0.25) is 9.59 Å². The lowest BCUT2D eigenvalue weighted by molar-refractivity contribution is -0.140. The third-order valence-electron chi connectivity index (χ3n) is 2.99. The van der Waals surface area contributed by atoms with Gasteiger partial charge in [-0.2, -0.15) is 0 Å². The SMILES string of the molecule is COC(=O)OCC(C)(C)NC(=O)C(C(C)C)N(C)C(C)=O. The molecule has 0 radical (unpaired) electrons. The quantitative estimate of drug-likeness (QED) is 0.744. The highest BCUT2D eigenvalue weighted by atomic mass is 16.7. The van der Waals surface area contributed by atoms with Crippen LogP contribution < -0.4 is 5.32 Å². The van der Waals surface area contributed by atoms with Crippen LogP contribution in [0.15, 0.2) is 0 Å². The van der Waals surface area contributed by atoms with Crippen LogP contribution in [-0.4, -0.2) is 55.2 Å². The second-order valence-electron chi connectivity index (χ2n) is 5.93. The van der Waals surface area contributed by atoms with E-state index in [-0.39, 0.29) is 24.3 Å². The predicted molar refractivity (Wildman–Crippen MR) is 77.6 cm³/mol.